The Bertz CT molecular complexity index is 1060. The van der Waals surface area contributed by atoms with E-state index >= 15 is 0 Å². The number of thiophene rings is 1. The number of methoxy groups -OCH3 is 1. The number of anilines is 1. The Morgan fingerprint density at radius 3 is 2.76 bits per heavy atom. The maximum absolute atomic E-state index is 12.8. The number of carbonyl (C=O) groups excluding carboxylic acids is 1. The maximum atomic E-state index is 12.8. The average molecular weight is 407 g/mol. The van der Waals surface area contributed by atoms with Gasteiger partial charge in [-0.25, -0.2) is 0 Å². The molecular weight excluding hydrogens is 384 g/mol. The summed E-state index contributed by atoms with van der Waals surface area (Å²) in [6, 6.07) is 15.8. The number of benzene rings is 2. The highest BCUT2D eigenvalue weighted by Gasteiger charge is 2.32. The van der Waals surface area contributed by atoms with Crippen LogP contribution in [0, 0.1) is 0 Å². The number of ether oxygens (including phenoxy) is 2. The number of hydrogen-bond acceptors (Lipinski definition) is 5. The first-order valence-electron chi connectivity index (χ1n) is 9.79. The van der Waals surface area contributed by atoms with Crippen LogP contribution in [0.25, 0.3) is 0 Å². The highest BCUT2D eigenvalue weighted by Crippen LogP contribution is 2.42. The minimum Gasteiger partial charge on any atom is -0.493 e. The van der Waals surface area contributed by atoms with Gasteiger partial charge in [0.1, 0.15) is 17.8 Å². The van der Waals surface area contributed by atoms with E-state index in [9.17, 15) is 4.79 Å². The van der Waals surface area contributed by atoms with Crippen LogP contribution in [-0.2, 0) is 19.4 Å². The second-order valence-electron chi connectivity index (χ2n) is 7.30. The van der Waals surface area contributed by atoms with Crippen molar-refractivity contribution in [1.82, 2.24) is 5.32 Å². The molecule has 2 aliphatic rings. The van der Waals surface area contributed by atoms with Crippen molar-refractivity contribution in [3.8, 4) is 11.5 Å². The van der Waals surface area contributed by atoms with Gasteiger partial charge in [-0.3, -0.25) is 4.79 Å². The Labute approximate surface area is 173 Å². The molecule has 1 atom stereocenters. The van der Waals surface area contributed by atoms with Crippen molar-refractivity contribution >= 4 is 22.2 Å². The molecule has 3 aromatic rings. The van der Waals surface area contributed by atoms with Crippen molar-refractivity contribution in [3.63, 3.8) is 0 Å². The monoisotopic (exact) mass is 406 g/mol. The first-order valence-corrected chi connectivity index (χ1v) is 10.6. The number of amides is 1. The molecule has 6 heteroatoms. The van der Waals surface area contributed by atoms with Gasteiger partial charge in [-0.05, 0) is 48.1 Å². The Kier molecular flexibility index (Phi) is 4.64. The number of carbonyl (C=O) groups is 1. The van der Waals surface area contributed by atoms with Crippen LogP contribution < -0.4 is 20.1 Å². The molecule has 29 heavy (non-hydrogen) atoms. The molecule has 5 rings (SSSR count). The summed E-state index contributed by atoms with van der Waals surface area (Å²) in [7, 11) is 1.63. The lowest BCUT2D eigenvalue weighted by atomic mass is 10.1. The van der Waals surface area contributed by atoms with E-state index in [4.69, 9.17) is 9.47 Å². The highest BCUT2D eigenvalue weighted by atomic mass is 32.1. The zero-order valence-corrected chi connectivity index (χ0v) is 17.0. The van der Waals surface area contributed by atoms with Crippen LogP contribution >= 0.6 is 11.3 Å². The van der Waals surface area contributed by atoms with E-state index in [2.05, 4.69) is 10.6 Å². The number of aryl methyl sites for hydroxylation is 1. The van der Waals surface area contributed by atoms with Crippen LogP contribution in [0.5, 0.6) is 11.5 Å². The number of fused-ring (bicyclic) bond motifs is 3. The van der Waals surface area contributed by atoms with E-state index in [-0.39, 0.29) is 12.1 Å². The van der Waals surface area contributed by atoms with Gasteiger partial charge in [-0.15, -0.1) is 11.3 Å². The minimum atomic E-state index is -0.286. The predicted molar refractivity (Wildman–Crippen MR) is 114 cm³/mol. The Balaban J connectivity index is 1.36. The molecule has 0 spiro atoms. The number of nitrogens with one attached hydrogen (secondary N) is 2. The second-order valence-corrected chi connectivity index (χ2v) is 8.40. The van der Waals surface area contributed by atoms with E-state index in [0.29, 0.717) is 18.1 Å². The molecule has 2 aromatic carbocycles. The molecule has 148 valence electrons. The van der Waals surface area contributed by atoms with Gasteiger partial charge < -0.3 is 20.1 Å². The quantitative estimate of drug-likeness (QED) is 0.646. The van der Waals surface area contributed by atoms with Crippen LogP contribution in [0.2, 0.25) is 0 Å². The van der Waals surface area contributed by atoms with E-state index in [1.54, 1.807) is 18.4 Å². The van der Waals surface area contributed by atoms with Gasteiger partial charge in [-0.1, -0.05) is 36.4 Å². The van der Waals surface area contributed by atoms with Crippen LogP contribution in [0.15, 0.2) is 48.5 Å². The van der Waals surface area contributed by atoms with E-state index in [1.165, 1.54) is 10.4 Å². The molecule has 1 amide bonds. The van der Waals surface area contributed by atoms with Gasteiger partial charge in [0.05, 0.1) is 12.7 Å². The fraction of sp³-hybridized carbons (Fsp3) is 0.261. The lowest BCUT2D eigenvalue weighted by Gasteiger charge is -2.27. The van der Waals surface area contributed by atoms with Crippen LogP contribution in [-0.4, -0.2) is 13.0 Å². The smallest absolute Gasteiger partial charge is 0.256 e. The van der Waals surface area contributed by atoms with Crippen molar-refractivity contribution < 1.29 is 14.3 Å². The van der Waals surface area contributed by atoms with Gasteiger partial charge >= 0.3 is 0 Å². The summed E-state index contributed by atoms with van der Waals surface area (Å²) in [5.74, 6) is 1.33. The number of rotatable bonds is 5. The van der Waals surface area contributed by atoms with Gasteiger partial charge in [0.25, 0.3) is 5.91 Å². The zero-order chi connectivity index (χ0) is 19.8. The molecule has 0 fully saturated rings. The minimum absolute atomic E-state index is 0.00604. The standard InChI is InChI=1S/C23H22N2O3S/c1-27-18-12-15(10-11-17(18)28-13-14-6-3-2-4-7-14)21-24-22(26)20-16-8-5-9-19(16)29-23(20)25-21/h2-4,6-7,10-12,21,25H,5,8-9,13H2,1H3,(H,24,26). The molecular formula is C23H22N2O3S. The van der Waals surface area contributed by atoms with Crippen LogP contribution in [0.3, 0.4) is 0 Å². The van der Waals surface area contributed by atoms with Crippen molar-refractivity contribution in [2.45, 2.75) is 32.0 Å². The van der Waals surface area contributed by atoms with Crippen molar-refractivity contribution in [2.24, 2.45) is 0 Å². The molecule has 2 heterocycles. The largest absolute Gasteiger partial charge is 0.493 e. The Morgan fingerprint density at radius 2 is 1.93 bits per heavy atom. The van der Waals surface area contributed by atoms with E-state index in [0.717, 1.165) is 41.0 Å². The fourth-order valence-corrected chi connectivity index (χ4v) is 5.32. The molecule has 1 unspecified atom stereocenters. The number of hydrogen-bond donors (Lipinski definition) is 2. The molecule has 0 saturated carbocycles. The van der Waals surface area contributed by atoms with Crippen molar-refractivity contribution in [2.75, 3.05) is 12.4 Å². The highest BCUT2D eigenvalue weighted by molar-refractivity contribution is 7.16. The average Bonchev–Trinajstić information content (AvgIpc) is 3.33. The summed E-state index contributed by atoms with van der Waals surface area (Å²) in [5, 5.41) is 7.56. The van der Waals surface area contributed by atoms with E-state index in [1.807, 2.05) is 48.5 Å². The van der Waals surface area contributed by atoms with Crippen molar-refractivity contribution in [1.29, 1.82) is 0 Å². The van der Waals surface area contributed by atoms with Crippen molar-refractivity contribution in [3.05, 3.63) is 75.7 Å². The summed E-state index contributed by atoms with van der Waals surface area (Å²) in [5.41, 5.74) is 4.10. The normalized spacial score (nSPS) is 17.1. The third-order valence-electron chi connectivity index (χ3n) is 5.46. The maximum Gasteiger partial charge on any atom is 0.256 e. The summed E-state index contributed by atoms with van der Waals surface area (Å²) < 4.78 is 11.5. The first kappa shape index (κ1) is 18.1. The molecule has 1 aliphatic heterocycles. The molecule has 2 N–H and O–H groups in total. The van der Waals surface area contributed by atoms with Crippen LogP contribution in [0.1, 0.15) is 44.5 Å². The van der Waals surface area contributed by atoms with Gasteiger partial charge in [0.15, 0.2) is 11.5 Å². The van der Waals surface area contributed by atoms with Gasteiger partial charge in [0.2, 0.25) is 0 Å². The SMILES string of the molecule is COc1cc(C2NC(=O)c3c(sc4c3CCC4)N2)ccc1OCc1ccccc1. The summed E-state index contributed by atoms with van der Waals surface area (Å²) in [6.45, 7) is 0.471. The Morgan fingerprint density at radius 1 is 1.07 bits per heavy atom. The topological polar surface area (TPSA) is 59.6 Å². The molecule has 0 radical (unpaired) electrons. The molecule has 0 bridgehead atoms. The lowest BCUT2D eigenvalue weighted by molar-refractivity contribution is 0.0935. The molecule has 5 nitrogen and oxygen atoms in total. The molecule has 1 aliphatic carbocycles. The third-order valence-corrected chi connectivity index (χ3v) is 6.68. The van der Waals surface area contributed by atoms with Gasteiger partial charge in [-0.2, -0.15) is 0 Å². The lowest BCUT2D eigenvalue weighted by Crippen LogP contribution is -2.38. The summed E-state index contributed by atoms with van der Waals surface area (Å²) >= 11 is 1.72. The van der Waals surface area contributed by atoms with Crippen LogP contribution in [0.4, 0.5) is 5.00 Å². The first-order chi connectivity index (χ1) is 14.2. The second kappa shape index (κ2) is 7.44. The third kappa shape index (κ3) is 3.34. The fourth-order valence-electron chi connectivity index (χ4n) is 4.00. The summed E-state index contributed by atoms with van der Waals surface area (Å²) in [6.07, 6.45) is 2.94. The summed E-state index contributed by atoms with van der Waals surface area (Å²) in [4.78, 5) is 14.1. The predicted octanol–water partition coefficient (Wildman–Crippen LogP) is 4.68. The Hall–Kier alpha value is -2.99. The molecule has 0 saturated heterocycles. The molecule has 1 aromatic heterocycles. The zero-order valence-electron chi connectivity index (χ0n) is 16.2. The van der Waals surface area contributed by atoms with Gasteiger partial charge in [0, 0.05) is 4.88 Å². The van der Waals surface area contributed by atoms with E-state index < -0.39 is 0 Å².